The number of nitrogens with two attached hydrogens (primary N) is 1. The van der Waals surface area contributed by atoms with E-state index in [-0.39, 0.29) is 23.9 Å². The molecule has 3 N–H and O–H groups in total. The van der Waals surface area contributed by atoms with Gasteiger partial charge in [-0.3, -0.25) is 4.79 Å². The van der Waals surface area contributed by atoms with E-state index in [0.717, 1.165) is 45.3 Å². The standard InChI is InChI=1S/C13H24N2O2/c1-9-3-2-4-11(14)12(9)13(16)15-10-5-7-17-8-6-10/h9-12H,2-8,14H2,1H3,(H,15,16). The lowest BCUT2D eigenvalue weighted by Crippen LogP contribution is -2.50. The number of amides is 1. The van der Waals surface area contributed by atoms with Gasteiger partial charge in [-0.1, -0.05) is 13.3 Å². The summed E-state index contributed by atoms with van der Waals surface area (Å²) < 4.78 is 5.29. The third-order valence-corrected chi connectivity index (χ3v) is 4.14. The molecule has 4 nitrogen and oxygen atoms in total. The minimum absolute atomic E-state index is 0.00611. The van der Waals surface area contributed by atoms with Crippen LogP contribution < -0.4 is 11.1 Å². The fourth-order valence-electron chi connectivity index (χ4n) is 3.05. The molecule has 2 fully saturated rings. The summed E-state index contributed by atoms with van der Waals surface area (Å²) in [4.78, 5) is 12.3. The van der Waals surface area contributed by atoms with Crippen LogP contribution in [0.4, 0.5) is 0 Å². The molecule has 17 heavy (non-hydrogen) atoms. The zero-order valence-electron chi connectivity index (χ0n) is 10.7. The molecule has 0 spiro atoms. The number of rotatable bonds is 2. The molecule has 1 amide bonds. The molecule has 0 bridgehead atoms. The van der Waals surface area contributed by atoms with Crippen LogP contribution in [0.15, 0.2) is 0 Å². The van der Waals surface area contributed by atoms with Gasteiger partial charge in [-0.2, -0.15) is 0 Å². The third-order valence-electron chi connectivity index (χ3n) is 4.14. The van der Waals surface area contributed by atoms with Crippen LogP contribution in [0.3, 0.4) is 0 Å². The van der Waals surface area contributed by atoms with E-state index in [0.29, 0.717) is 5.92 Å². The van der Waals surface area contributed by atoms with Crippen molar-refractivity contribution in [1.82, 2.24) is 5.32 Å². The van der Waals surface area contributed by atoms with Crippen LogP contribution in [-0.4, -0.2) is 31.2 Å². The van der Waals surface area contributed by atoms with Crippen molar-refractivity contribution in [2.45, 2.75) is 51.1 Å². The number of carbonyl (C=O) groups excluding carboxylic acids is 1. The van der Waals surface area contributed by atoms with Gasteiger partial charge in [0.15, 0.2) is 0 Å². The highest BCUT2D eigenvalue weighted by atomic mass is 16.5. The first-order chi connectivity index (χ1) is 8.18. The van der Waals surface area contributed by atoms with Gasteiger partial charge < -0.3 is 15.8 Å². The van der Waals surface area contributed by atoms with E-state index in [1.165, 1.54) is 0 Å². The Balaban J connectivity index is 1.88. The second-order valence-corrected chi connectivity index (χ2v) is 5.49. The summed E-state index contributed by atoms with van der Waals surface area (Å²) in [5.74, 6) is 0.585. The summed E-state index contributed by atoms with van der Waals surface area (Å²) in [6, 6.07) is 0.330. The molecule has 0 radical (unpaired) electrons. The number of hydrogen-bond acceptors (Lipinski definition) is 3. The van der Waals surface area contributed by atoms with Crippen molar-refractivity contribution in [2.24, 2.45) is 17.6 Å². The van der Waals surface area contributed by atoms with Gasteiger partial charge in [0.2, 0.25) is 5.91 Å². The zero-order chi connectivity index (χ0) is 12.3. The number of nitrogens with one attached hydrogen (secondary N) is 1. The molecule has 1 saturated carbocycles. The second kappa shape index (κ2) is 5.83. The maximum Gasteiger partial charge on any atom is 0.225 e. The highest BCUT2D eigenvalue weighted by molar-refractivity contribution is 5.80. The third kappa shape index (κ3) is 3.19. The maximum absolute atomic E-state index is 12.3. The molecular formula is C13H24N2O2. The van der Waals surface area contributed by atoms with E-state index in [4.69, 9.17) is 10.5 Å². The molecule has 1 aliphatic carbocycles. The summed E-state index contributed by atoms with van der Waals surface area (Å²) in [7, 11) is 0. The summed E-state index contributed by atoms with van der Waals surface area (Å²) in [5, 5.41) is 3.15. The molecular weight excluding hydrogens is 216 g/mol. The van der Waals surface area contributed by atoms with E-state index in [2.05, 4.69) is 12.2 Å². The fraction of sp³-hybridized carbons (Fsp3) is 0.923. The molecule has 0 aromatic rings. The highest BCUT2D eigenvalue weighted by Crippen LogP contribution is 2.29. The molecule has 3 unspecified atom stereocenters. The predicted molar refractivity (Wildman–Crippen MR) is 66.5 cm³/mol. The van der Waals surface area contributed by atoms with Gasteiger partial charge in [-0.05, 0) is 31.6 Å². The van der Waals surface area contributed by atoms with Crippen molar-refractivity contribution in [2.75, 3.05) is 13.2 Å². The molecule has 98 valence electrons. The zero-order valence-corrected chi connectivity index (χ0v) is 10.7. The first kappa shape index (κ1) is 12.8. The predicted octanol–water partition coefficient (Wildman–Crippen LogP) is 1.05. The molecule has 1 saturated heterocycles. The molecule has 2 rings (SSSR count). The Morgan fingerprint density at radius 2 is 1.94 bits per heavy atom. The first-order valence-corrected chi connectivity index (χ1v) is 6.82. The Bertz CT molecular complexity index is 254. The highest BCUT2D eigenvalue weighted by Gasteiger charge is 2.34. The summed E-state index contributed by atoms with van der Waals surface area (Å²) in [6.45, 7) is 3.67. The smallest absolute Gasteiger partial charge is 0.225 e. The summed E-state index contributed by atoms with van der Waals surface area (Å²) in [6.07, 6.45) is 5.13. The Kier molecular flexibility index (Phi) is 4.40. The average Bonchev–Trinajstić information content (AvgIpc) is 2.30. The van der Waals surface area contributed by atoms with E-state index < -0.39 is 0 Å². The largest absolute Gasteiger partial charge is 0.381 e. The molecule has 4 heteroatoms. The van der Waals surface area contributed by atoms with Gasteiger partial charge in [-0.15, -0.1) is 0 Å². The normalized spacial score (nSPS) is 35.5. The summed E-state index contributed by atoms with van der Waals surface area (Å²) in [5.41, 5.74) is 6.09. The average molecular weight is 240 g/mol. The molecule has 0 aromatic carbocycles. The number of hydrogen-bond donors (Lipinski definition) is 2. The Morgan fingerprint density at radius 3 is 2.59 bits per heavy atom. The Morgan fingerprint density at radius 1 is 1.24 bits per heavy atom. The molecule has 0 aromatic heterocycles. The molecule has 1 heterocycles. The summed E-state index contributed by atoms with van der Waals surface area (Å²) >= 11 is 0. The van der Waals surface area contributed by atoms with Crippen LogP contribution in [0, 0.1) is 11.8 Å². The topological polar surface area (TPSA) is 64.4 Å². The maximum atomic E-state index is 12.3. The van der Waals surface area contributed by atoms with Crippen molar-refractivity contribution < 1.29 is 9.53 Å². The van der Waals surface area contributed by atoms with Crippen LogP contribution in [-0.2, 0) is 9.53 Å². The monoisotopic (exact) mass is 240 g/mol. The van der Waals surface area contributed by atoms with Crippen molar-refractivity contribution in [1.29, 1.82) is 0 Å². The van der Waals surface area contributed by atoms with Crippen molar-refractivity contribution in [3.05, 3.63) is 0 Å². The van der Waals surface area contributed by atoms with Gasteiger partial charge in [0, 0.05) is 25.3 Å². The van der Waals surface area contributed by atoms with Crippen molar-refractivity contribution in [3.63, 3.8) is 0 Å². The SMILES string of the molecule is CC1CCCC(N)C1C(=O)NC1CCOCC1. The van der Waals surface area contributed by atoms with E-state index in [1.807, 2.05) is 0 Å². The lowest BCUT2D eigenvalue weighted by atomic mass is 9.76. The second-order valence-electron chi connectivity index (χ2n) is 5.49. The van der Waals surface area contributed by atoms with Gasteiger partial charge in [-0.25, -0.2) is 0 Å². The van der Waals surface area contributed by atoms with Crippen LogP contribution in [0.5, 0.6) is 0 Å². The molecule has 1 aliphatic heterocycles. The Labute approximate surface area is 103 Å². The van der Waals surface area contributed by atoms with Crippen molar-refractivity contribution >= 4 is 5.91 Å². The van der Waals surface area contributed by atoms with Crippen LogP contribution in [0.25, 0.3) is 0 Å². The van der Waals surface area contributed by atoms with Gasteiger partial charge in [0.1, 0.15) is 0 Å². The number of carbonyl (C=O) groups is 1. The van der Waals surface area contributed by atoms with E-state index in [9.17, 15) is 4.79 Å². The van der Waals surface area contributed by atoms with Crippen LogP contribution in [0.1, 0.15) is 39.0 Å². The molecule has 2 aliphatic rings. The lowest BCUT2D eigenvalue weighted by molar-refractivity contribution is -0.129. The quantitative estimate of drug-likeness (QED) is 0.758. The number of ether oxygens (including phenoxy) is 1. The van der Waals surface area contributed by atoms with Crippen molar-refractivity contribution in [3.8, 4) is 0 Å². The van der Waals surface area contributed by atoms with Gasteiger partial charge in [0.05, 0.1) is 5.92 Å². The van der Waals surface area contributed by atoms with E-state index >= 15 is 0 Å². The van der Waals surface area contributed by atoms with Gasteiger partial charge in [0.25, 0.3) is 0 Å². The Hall–Kier alpha value is -0.610. The minimum atomic E-state index is 0.00611. The lowest BCUT2D eigenvalue weighted by Gasteiger charge is -2.34. The fourth-order valence-corrected chi connectivity index (χ4v) is 3.05. The van der Waals surface area contributed by atoms with Crippen LogP contribution >= 0.6 is 0 Å². The molecule has 3 atom stereocenters. The van der Waals surface area contributed by atoms with Crippen LogP contribution in [0.2, 0.25) is 0 Å². The van der Waals surface area contributed by atoms with E-state index in [1.54, 1.807) is 0 Å². The minimum Gasteiger partial charge on any atom is -0.381 e. The first-order valence-electron chi connectivity index (χ1n) is 6.82. The van der Waals surface area contributed by atoms with Gasteiger partial charge >= 0.3 is 0 Å².